The summed E-state index contributed by atoms with van der Waals surface area (Å²) in [6.07, 6.45) is 0.514. The largest absolute Gasteiger partial charge is 0.481 e. The fraction of sp³-hybridized carbons (Fsp3) is 0.333. The van der Waals surface area contributed by atoms with Gasteiger partial charge in [0.05, 0.1) is 22.7 Å². The Kier molecular flexibility index (Phi) is 2.47. The van der Waals surface area contributed by atoms with Crippen molar-refractivity contribution in [3.8, 4) is 6.07 Å². The van der Waals surface area contributed by atoms with E-state index in [1.54, 1.807) is 17.8 Å². The number of aliphatic carboxylic acids is 1. The number of nitrogens with zero attached hydrogens (tertiary/aromatic N) is 4. The third kappa shape index (κ3) is 1.74. The molecule has 7 heteroatoms. The van der Waals surface area contributed by atoms with Crippen LogP contribution in [0.25, 0.3) is 11.0 Å². The minimum absolute atomic E-state index is 0.201. The van der Waals surface area contributed by atoms with Gasteiger partial charge in [0.15, 0.2) is 5.15 Å². The number of aromatic nitrogens is 3. The molecule has 1 fully saturated rings. The Balaban J connectivity index is 2.17. The summed E-state index contributed by atoms with van der Waals surface area (Å²) in [4.78, 5) is 15.3. The number of rotatable bonds is 2. The number of aryl methyl sites for hydroxylation is 1. The van der Waals surface area contributed by atoms with E-state index in [2.05, 4.69) is 16.2 Å². The number of nitriles is 1. The Morgan fingerprint density at radius 3 is 3.00 bits per heavy atom. The van der Waals surface area contributed by atoms with Gasteiger partial charge in [-0.1, -0.05) is 11.6 Å². The minimum atomic E-state index is -0.854. The lowest BCUT2D eigenvalue weighted by atomic mass is 10.1. The molecule has 2 atom stereocenters. The topological polar surface area (TPSA) is 91.8 Å². The van der Waals surface area contributed by atoms with E-state index in [0.717, 1.165) is 0 Å². The van der Waals surface area contributed by atoms with E-state index in [4.69, 9.17) is 16.7 Å². The van der Waals surface area contributed by atoms with Crippen molar-refractivity contribution in [3.05, 3.63) is 22.5 Å². The highest BCUT2D eigenvalue weighted by Crippen LogP contribution is 2.48. The monoisotopic (exact) mass is 276 g/mol. The van der Waals surface area contributed by atoms with Gasteiger partial charge in [0.1, 0.15) is 11.6 Å². The zero-order chi connectivity index (χ0) is 13.7. The van der Waals surface area contributed by atoms with E-state index in [1.165, 1.54) is 0 Å². The van der Waals surface area contributed by atoms with Crippen LogP contribution in [0.3, 0.4) is 0 Å². The fourth-order valence-electron chi connectivity index (χ4n) is 2.29. The lowest BCUT2D eigenvalue weighted by Crippen LogP contribution is -2.02. The summed E-state index contributed by atoms with van der Waals surface area (Å²) in [5, 5.41) is 22.4. The summed E-state index contributed by atoms with van der Waals surface area (Å²) in [7, 11) is 1.72. The summed E-state index contributed by atoms with van der Waals surface area (Å²) in [5.41, 5.74) is 2.07. The van der Waals surface area contributed by atoms with Crippen LogP contribution in [-0.4, -0.2) is 25.8 Å². The molecule has 1 N–H and O–H groups in total. The second kappa shape index (κ2) is 3.93. The normalized spacial score (nSPS) is 21.3. The molecular weight excluding hydrogens is 268 g/mol. The summed E-state index contributed by atoms with van der Waals surface area (Å²) in [5.74, 6) is -1.51. The van der Waals surface area contributed by atoms with Crippen molar-refractivity contribution < 1.29 is 9.90 Å². The molecule has 2 aromatic heterocycles. The molecule has 0 spiro atoms. The van der Waals surface area contributed by atoms with Crippen LogP contribution in [0.5, 0.6) is 0 Å². The highest BCUT2D eigenvalue weighted by molar-refractivity contribution is 6.33. The molecule has 2 aromatic rings. The lowest BCUT2D eigenvalue weighted by Gasteiger charge is -2.02. The van der Waals surface area contributed by atoms with Crippen molar-refractivity contribution in [2.75, 3.05) is 0 Å². The first-order valence-electron chi connectivity index (χ1n) is 5.69. The molecule has 1 aliphatic carbocycles. The maximum atomic E-state index is 10.9. The molecular formula is C12H9ClN4O2. The quantitative estimate of drug-likeness (QED) is 0.901. The van der Waals surface area contributed by atoms with E-state index in [-0.39, 0.29) is 11.1 Å². The lowest BCUT2D eigenvalue weighted by molar-refractivity contribution is -0.138. The second-order valence-corrected chi connectivity index (χ2v) is 4.96. The van der Waals surface area contributed by atoms with Crippen molar-refractivity contribution >= 4 is 28.6 Å². The van der Waals surface area contributed by atoms with Gasteiger partial charge in [0.25, 0.3) is 0 Å². The molecule has 1 aliphatic rings. The van der Waals surface area contributed by atoms with Gasteiger partial charge in [-0.15, -0.1) is 0 Å². The van der Waals surface area contributed by atoms with Crippen LogP contribution in [0, 0.1) is 17.2 Å². The number of pyridine rings is 1. The third-order valence-corrected chi connectivity index (χ3v) is 3.65. The zero-order valence-corrected chi connectivity index (χ0v) is 10.7. The molecule has 0 amide bonds. The summed E-state index contributed by atoms with van der Waals surface area (Å²) in [6.45, 7) is 0. The predicted octanol–water partition coefficient (Wildman–Crippen LogP) is 1.68. The van der Waals surface area contributed by atoms with E-state index >= 15 is 0 Å². The van der Waals surface area contributed by atoms with Gasteiger partial charge in [-0.3, -0.25) is 9.48 Å². The Labute approximate surface area is 113 Å². The Bertz CT molecular complexity index is 746. The first-order chi connectivity index (χ1) is 9.02. The highest BCUT2D eigenvalue weighted by Gasteiger charge is 2.46. The predicted molar refractivity (Wildman–Crippen MR) is 66.7 cm³/mol. The summed E-state index contributed by atoms with van der Waals surface area (Å²) >= 11 is 5.98. The summed E-state index contributed by atoms with van der Waals surface area (Å²) < 4.78 is 1.55. The van der Waals surface area contributed by atoms with Crippen molar-refractivity contribution in [1.82, 2.24) is 14.8 Å². The van der Waals surface area contributed by atoms with Gasteiger partial charge in [0.2, 0.25) is 0 Å². The number of carboxylic acids is 1. The molecule has 6 nitrogen and oxygen atoms in total. The molecule has 3 rings (SSSR count). The minimum Gasteiger partial charge on any atom is -0.481 e. The number of hydrogen-bond donors (Lipinski definition) is 1. The van der Waals surface area contributed by atoms with Crippen LogP contribution in [0.4, 0.5) is 0 Å². The van der Waals surface area contributed by atoms with Gasteiger partial charge in [-0.05, 0) is 12.5 Å². The van der Waals surface area contributed by atoms with Crippen molar-refractivity contribution in [2.24, 2.45) is 13.0 Å². The van der Waals surface area contributed by atoms with Crippen LogP contribution < -0.4 is 0 Å². The first-order valence-corrected chi connectivity index (χ1v) is 6.06. The number of carbonyl (C=O) groups is 1. The number of halogens is 1. The molecule has 0 radical (unpaired) electrons. The highest BCUT2D eigenvalue weighted by atomic mass is 35.5. The van der Waals surface area contributed by atoms with Crippen molar-refractivity contribution in [2.45, 2.75) is 12.3 Å². The van der Waals surface area contributed by atoms with Gasteiger partial charge >= 0.3 is 5.97 Å². The molecule has 96 valence electrons. The van der Waals surface area contributed by atoms with Crippen molar-refractivity contribution in [3.63, 3.8) is 0 Å². The third-order valence-electron chi connectivity index (χ3n) is 3.39. The summed E-state index contributed by atoms with van der Waals surface area (Å²) in [6, 6.07) is 3.73. The van der Waals surface area contributed by atoms with Crippen LogP contribution >= 0.6 is 11.6 Å². The van der Waals surface area contributed by atoms with E-state index in [9.17, 15) is 10.1 Å². The average molecular weight is 277 g/mol. The maximum Gasteiger partial charge on any atom is 0.307 e. The van der Waals surface area contributed by atoms with Gasteiger partial charge < -0.3 is 5.11 Å². The molecule has 2 heterocycles. The van der Waals surface area contributed by atoms with Crippen LogP contribution in [0.1, 0.15) is 23.6 Å². The molecule has 0 aromatic carbocycles. The van der Waals surface area contributed by atoms with E-state index in [1.807, 2.05) is 0 Å². The maximum absolute atomic E-state index is 10.9. The molecule has 0 bridgehead atoms. The van der Waals surface area contributed by atoms with Crippen LogP contribution in [-0.2, 0) is 11.8 Å². The average Bonchev–Trinajstić information content (AvgIpc) is 3.12. The number of hydrogen-bond acceptors (Lipinski definition) is 4. The molecule has 19 heavy (non-hydrogen) atoms. The second-order valence-electron chi connectivity index (χ2n) is 4.60. The smallest absolute Gasteiger partial charge is 0.307 e. The fourth-order valence-corrected chi connectivity index (χ4v) is 2.54. The molecule has 0 aliphatic heterocycles. The molecule has 0 unspecified atom stereocenters. The van der Waals surface area contributed by atoms with Crippen molar-refractivity contribution in [1.29, 1.82) is 5.26 Å². The van der Waals surface area contributed by atoms with E-state index < -0.39 is 11.9 Å². The number of fused-ring (bicyclic) bond motifs is 1. The van der Waals surface area contributed by atoms with E-state index in [0.29, 0.717) is 28.7 Å². The van der Waals surface area contributed by atoms with Gasteiger partial charge in [-0.25, -0.2) is 4.98 Å². The standard InChI is InChI=1S/C12H9ClN4O2/c1-17-8-2-5(4-14)9(6-3-7(6)12(18)19)15-10(8)11(13)16-17/h2,6-7H,3H2,1H3,(H,18,19)/t6-,7-/m0/s1. The van der Waals surface area contributed by atoms with Gasteiger partial charge in [0, 0.05) is 13.0 Å². The Morgan fingerprint density at radius 2 is 2.42 bits per heavy atom. The van der Waals surface area contributed by atoms with Crippen LogP contribution in [0.2, 0.25) is 5.15 Å². The molecule has 0 saturated heterocycles. The SMILES string of the molecule is Cn1nc(Cl)c2nc([C@H]3C[C@@H]3C(=O)O)c(C#N)cc21. The Hall–Kier alpha value is -2.13. The van der Waals surface area contributed by atoms with Gasteiger partial charge in [-0.2, -0.15) is 10.4 Å². The Morgan fingerprint density at radius 1 is 1.68 bits per heavy atom. The molecule has 1 saturated carbocycles. The zero-order valence-electron chi connectivity index (χ0n) is 9.96. The number of carboxylic acid groups (broad SMARTS) is 1. The first kappa shape index (κ1) is 11.9. The van der Waals surface area contributed by atoms with Crippen LogP contribution in [0.15, 0.2) is 6.07 Å².